The van der Waals surface area contributed by atoms with Crippen LogP contribution >= 0.6 is 0 Å². The molecule has 110 valence electrons. The number of esters is 1. The highest BCUT2D eigenvalue weighted by Gasteiger charge is 2.15. The summed E-state index contributed by atoms with van der Waals surface area (Å²) in [5.41, 5.74) is 1.35. The fourth-order valence-corrected chi connectivity index (χ4v) is 1.69. The van der Waals surface area contributed by atoms with Crippen LogP contribution < -0.4 is 5.32 Å². The van der Waals surface area contributed by atoms with Gasteiger partial charge in [-0.25, -0.2) is 9.78 Å². The number of likely N-dealkylation sites (N-methyl/N-ethyl adjacent to an activating group) is 1. The molecule has 2 aromatic rings. The van der Waals surface area contributed by atoms with E-state index in [-0.39, 0.29) is 5.91 Å². The van der Waals surface area contributed by atoms with E-state index in [1.54, 1.807) is 13.0 Å². The molecule has 1 aromatic heterocycles. The molecule has 0 aliphatic carbocycles. The minimum Gasteiger partial charge on any atom is -0.449 e. The molecule has 6 heteroatoms. The number of nitrogens with one attached hydrogen (secondary N) is 1. The Kier molecular flexibility index (Phi) is 4.71. The van der Waals surface area contributed by atoms with E-state index in [4.69, 9.17) is 9.15 Å². The molecule has 1 heterocycles. The van der Waals surface area contributed by atoms with Crippen molar-refractivity contribution in [3.05, 3.63) is 36.2 Å². The van der Waals surface area contributed by atoms with Crippen LogP contribution in [-0.4, -0.2) is 29.5 Å². The molecule has 0 radical (unpaired) electrons. The lowest BCUT2D eigenvalue weighted by atomic mass is 10.3. The lowest BCUT2D eigenvalue weighted by molar-refractivity contribution is -0.150. The van der Waals surface area contributed by atoms with E-state index in [0.717, 1.165) is 0 Å². The summed E-state index contributed by atoms with van der Waals surface area (Å²) in [5, 5.41) is 2.57. The van der Waals surface area contributed by atoms with Gasteiger partial charge in [-0.05, 0) is 26.0 Å². The summed E-state index contributed by atoms with van der Waals surface area (Å²) in [5.74, 6) is -0.657. The van der Waals surface area contributed by atoms with E-state index >= 15 is 0 Å². The van der Waals surface area contributed by atoms with Crippen LogP contribution in [0.4, 0.5) is 0 Å². The van der Waals surface area contributed by atoms with Crippen molar-refractivity contribution >= 4 is 29.1 Å². The molecular weight excluding hydrogens is 272 g/mol. The summed E-state index contributed by atoms with van der Waals surface area (Å²) in [7, 11) is 0. The average Bonchev–Trinajstić information content (AvgIpc) is 2.88. The second-order valence-corrected chi connectivity index (χ2v) is 4.33. The van der Waals surface area contributed by atoms with Crippen molar-refractivity contribution in [3.63, 3.8) is 0 Å². The first-order chi connectivity index (χ1) is 10.1. The summed E-state index contributed by atoms with van der Waals surface area (Å²) in [4.78, 5) is 27.2. The maximum atomic E-state index is 11.6. The van der Waals surface area contributed by atoms with Gasteiger partial charge in [-0.15, -0.1) is 0 Å². The van der Waals surface area contributed by atoms with E-state index in [9.17, 15) is 9.59 Å². The minimum atomic E-state index is -0.842. The van der Waals surface area contributed by atoms with Gasteiger partial charge in [0.2, 0.25) is 5.89 Å². The Bertz CT molecular complexity index is 642. The van der Waals surface area contributed by atoms with E-state index in [1.807, 2.05) is 18.2 Å². The third-order valence-electron chi connectivity index (χ3n) is 2.69. The van der Waals surface area contributed by atoms with E-state index < -0.39 is 12.1 Å². The first-order valence-corrected chi connectivity index (χ1v) is 6.62. The van der Waals surface area contributed by atoms with Crippen LogP contribution in [0.15, 0.2) is 34.8 Å². The summed E-state index contributed by atoms with van der Waals surface area (Å²) in [6, 6.07) is 7.28. The highest BCUT2D eigenvalue weighted by atomic mass is 16.5. The summed E-state index contributed by atoms with van der Waals surface area (Å²) >= 11 is 0. The van der Waals surface area contributed by atoms with E-state index in [2.05, 4.69) is 10.3 Å². The fourth-order valence-electron chi connectivity index (χ4n) is 1.69. The predicted octanol–water partition coefficient (Wildman–Crippen LogP) is 1.91. The molecule has 0 saturated heterocycles. The number of oxazole rings is 1. The number of hydrogen-bond donors (Lipinski definition) is 1. The normalized spacial score (nSPS) is 12.5. The number of amides is 1. The van der Waals surface area contributed by atoms with Crippen LogP contribution in [-0.2, 0) is 14.3 Å². The second kappa shape index (κ2) is 6.69. The maximum Gasteiger partial charge on any atom is 0.331 e. The molecule has 0 bridgehead atoms. The Hall–Kier alpha value is -2.63. The van der Waals surface area contributed by atoms with Gasteiger partial charge in [0.05, 0.1) is 0 Å². The monoisotopic (exact) mass is 288 g/mol. The number of benzene rings is 1. The highest BCUT2D eigenvalue weighted by molar-refractivity contribution is 5.90. The first-order valence-electron chi connectivity index (χ1n) is 6.62. The topological polar surface area (TPSA) is 81.4 Å². The molecule has 0 saturated carbocycles. The van der Waals surface area contributed by atoms with Crippen LogP contribution in [0.3, 0.4) is 0 Å². The van der Waals surface area contributed by atoms with Crippen LogP contribution in [0.1, 0.15) is 19.7 Å². The van der Waals surface area contributed by atoms with E-state index in [1.165, 1.54) is 19.1 Å². The molecule has 21 heavy (non-hydrogen) atoms. The number of ether oxygens (including phenoxy) is 1. The van der Waals surface area contributed by atoms with Gasteiger partial charge in [0.15, 0.2) is 11.7 Å². The Balaban J connectivity index is 1.97. The SMILES string of the molecule is CCNC(=O)[C@@H](C)OC(=O)/C=C/c1nc2ccccc2o1. The molecule has 0 aliphatic heterocycles. The molecule has 6 nitrogen and oxygen atoms in total. The van der Waals surface area contributed by atoms with Gasteiger partial charge in [-0.3, -0.25) is 4.79 Å². The van der Waals surface area contributed by atoms with Gasteiger partial charge in [0, 0.05) is 18.7 Å². The Morgan fingerprint density at radius 2 is 2.19 bits per heavy atom. The molecule has 1 N–H and O–H groups in total. The van der Waals surface area contributed by atoms with Crippen molar-refractivity contribution in [1.29, 1.82) is 0 Å². The van der Waals surface area contributed by atoms with Crippen molar-refractivity contribution in [3.8, 4) is 0 Å². The zero-order valence-electron chi connectivity index (χ0n) is 11.8. The third-order valence-corrected chi connectivity index (χ3v) is 2.69. The molecule has 1 atom stereocenters. The number of rotatable bonds is 5. The summed E-state index contributed by atoms with van der Waals surface area (Å²) in [6.45, 7) is 3.79. The predicted molar refractivity (Wildman–Crippen MR) is 77.3 cm³/mol. The lowest BCUT2D eigenvalue weighted by Crippen LogP contribution is -2.35. The number of carbonyl (C=O) groups is 2. The molecule has 1 aromatic carbocycles. The zero-order chi connectivity index (χ0) is 15.2. The Labute approximate surface area is 121 Å². The van der Waals surface area contributed by atoms with Crippen LogP contribution in [0.2, 0.25) is 0 Å². The van der Waals surface area contributed by atoms with Crippen molar-refractivity contribution in [2.75, 3.05) is 6.54 Å². The van der Waals surface area contributed by atoms with Crippen molar-refractivity contribution in [2.45, 2.75) is 20.0 Å². The number of aromatic nitrogens is 1. The molecule has 0 unspecified atom stereocenters. The number of hydrogen-bond acceptors (Lipinski definition) is 5. The van der Waals surface area contributed by atoms with Gasteiger partial charge < -0.3 is 14.5 Å². The molecule has 0 aliphatic rings. The number of fused-ring (bicyclic) bond motifs is 1. The lowest BCUT2D eigenvalue weighted by Gasteiger charge is -2.10. The number of carbonyl (C=O) groups excluding carboxylic acids is 2. The smallest absolute Gasteiger partial charge is 0.331 e. The first kappa shape index (κ1) is 14.8. The quantitative estimate of drug-likeness (QED) is 0.671. The second-order valence-electron chi connectivity index (χ2n) is 4.33. The minimum absolute atomic E-state index is 0.304. The van der Waals surface area contributed by atoms with Crippen LogP contribution in [0.25, 0.3) is 17.2 Å². The van der Waals surface area contributed by atoms with Crippen molar-refractivity contribution in [2.24, 2.45) is 0 Å². The van der Waals surface area contributed by atoms with Crippen molar-refractivity contribution in [1.82, 2.24) is 10.3 Å². The fraction of sp³-hybridized carbons (Fsp3) is 0.267. The molecular formula is C15H16N2O4. The Morgan fingerprint density at radius 3 is 2.90 bits per heavy atom. The third kappa shape index (κ3) is 3.92. The molecule has 0 spiro atoms. The molecule has 1 amide bonds. The molecule has 2 rings (SSSR count). The van der Waals surface area contributed by atoms with Crippen LogP contribution in [0.5, 0.6) is 0 Å². The number of para-hydroxylation sites is 2. The Morgan fingerprint density at radius 1 is 1.43 bits per heavy atom. The summed E-state index contributed by atoms with van der Waals surface area (Å²) in [6.07, 6.45) is 1.75. The standard InChI is InChI=1S/C15H16N2O4/c1-3-16-15(19)10(2)20-14(18)9-8-13-17-11-6-4-5-7-12(11)21-13/h4-10H,3H2,1-2H3,(H,16,19)/b9-8+/t10-/m1/s1. The zero-order valence-corrected chi connectivity index (χ0v) is 11.8. The van der Waals surface area contributed by atoms with Gasteiger partial charge in [-0.1, -0.05) is 12.1 Å². The van der Waals surface area contributed by atoms with Gasteiger partial charge in [0.1, 0.15) is 5.52 Å². The average molecular weight is 288 g/mol. The number of nitrogens with zero attached hydrogens (tertiary/aromatic N) is 1. The maximum absolute atomic E-state index is 11.6. The summed E-state index contributed by atoms with van der Waals surface area (Å²) < 4.78 is 10.4. The van der Waals surface area contributed by atoms with E-state index in [0.29, 0.717) is 23.5 Å². The van der Waals surface area contributed by atoms with Crippen molar-refractivity contribution < 1.29 is 18.7 Å². The largest absolute Gasteiger partial charge is 0.449 e. The highest BCUT2D eigenvalue weighted by Crippen LogP contribution is 2.15. The molecule has 0 fully saturated rings. The van der Waals surface area contributed by atoms with Gasteiger partial charge in [-0.2, -0.15) is 0 Å². The van der Waals surface area contributed by atoms with Crippen LogP contribution in [0, 0.1) is 0 Å². The van der Waals surface area contributed by atoms with Gasteiger partial charge >= 0.3 is 5.97 Å². The van der Waals surface area contributed by atoms with Gasteiger partial charge in [0.25, 0.3) is 5.91 Å².